The van der Waals surface area contributed by atoms with Crippen molar-refractivity contribution in [3.8, 4) is 28.0 Å². The summed E-state index contributed by atoms with van der Waals surface area (Å²) in [7, 11) is 0. The summed E-state index contributed by atoms with van der Waals surface area (Å²) >= 11 is 0. The number of phenols is 1. The van der Waals surface area contributed by atoms with Crippen LogP contribution in [0.5, 0.6) is 5.75 Å². The molecule has 31 heavy (non-hydrogen) atoms. The van der Waals surface area contributed by atoms with Crippen LogP contribution >= 0.6 is 0 Å². The Morgan fingerprint density at radius 2 is 1.32 bits per heavy atom. The van der Waals surface area contributed by atoms with Crippen LogP contribution in [0.3, 0.4) is 0 Å². The molecule has 0 aliphatic carbocycles. The first-order chi connectivity index (χ1) is 14.8. The molecular weight excluding hydrogens is 411 g/mol. The van der Waals surface area contributed by atoms with Crippen molar-refractivity contribution in [3.63, 3.8) is 0 Å². The van der Waals surface area contributed by atoms with Crippen molar-refractivity contribution >= 4 is 0 Å². The zero-order valence-corrected chi connectivity index (χ0v) is 17.3. The number of aromatic hydroxyl groups is 1. The van der Waals surface area contributed by atoms with Gasteiger partial charge in [0.05, 0.1) is 0 Å². The molecule has 3 aromatic carbocycles. The third-order valence-corrected chi connectivity index (χ3v) is 5.39. The van der Waals surface area contributed by atoms with E-state index in [1.807, 2.05) is 12.1 Å². The minimum absolute atomic E-state index is 0.0471. The van der Waals surface area contributed by atoms with E-state index in [0.29, 0.717) is 17.7 Å². The molecule has 0 saturated heterocycles. The van der Waals surface area contributed by atoms with Crippen LogP contribution in [-0.2, 0) is 12.8 Å². The highest BCUT2D eigenvalue weighted by Crippen LogP contribution is 2.45. The van der Waals surface area contributed by atoms with Crippen molar-refractivity contribution in [3.05, 3.63) is 76.6 Å². The fourth-order valence-corrected chi connectivity index (χ4v) is 3.77. The second-order valence-corrected chi connectivity index (χ2v) is 7.47. The highest BCUT2D eigenvalue weighted by molar-refractivity contribution is 5.90. The van der Waals surface area contributed by atoms with Crippen molar-refractivity contribution in [1.82, 2.24) is 0 Å². The number of hydrogen-bond acceptors (Lipinski definition) is 1. The van der Waals surface area contributed by atoms with E-state index in [9.17, 15) is 27.1 Å². The molecule has 0 aliphatic heterocycles. The van der Waals surface area contributed by atoms with E-state index < -0.39 is 34.8 Å². The molecule has 0 saturated carbocycles. The molecule has 6 heteroatoms. The Morgan fingerprint density at radius 3 is 1.87 bits per heavy atom. The lowest BCUT2D eigenvalue weighted by atomic mass is 9.87. The number of hydrogen-bond donors (Lipinski definition) is 1. The van der Waals surface area contributed by atoms with Gasteiger partial charge in [-0.15, -0.1) is 0 Å². The van der Waals surface area contributed by atoms with Gasteiger partial charge >= 0.3 is 0 Å². The van der Waals surface area contributed by atoms with Gasteiger partial charge in [0.2, 0.25) is 5.82 Å². The fraction of sp³-hybridized carbons (Fsp3) is 0.280. The largest absolute Gasteiger partial charge is 0.504 e. The van der Waals surface area contributed by atoms with E-state index in [-0.39, 0.29) is 28.7 Å². The first kappa shape index (κ1) is 22.8. The van der Waals surface area contributed by atoms with Gasteiger partial charge in [0.15, 0.2) is 29.0 Å². The minimum atomic E-state index is -1.68. The van der Waals surface area contributed by atoms with E-state index in [4.69, 9.17) is 0 Å². The molecule has 0 atom stereocenters. The molecule has 0 radical (unpaired) electrons. The minimum Gasteiger partial charge on any atom is -0.504 e. The van der Waals surface area contributed by atoms with Crippen molar-refractivity contribution in [2.24, 2.45) is 0 Å². The molecule has 1 N–H and O–H groups in total. The predicted molar refractivity (Wildman–Crippen MR) is 111 cm³/mol. The monoisotopic (exact) mass is 434 g/mol. The van der Waals surface area contributed by atoms with Crippen LogP contribution in [0, 0.1) is 29.1 Å². The van der Waals surface area contributed by atoms with E-state index in [1.165, 1.54) is 0 Å². The van der Waals surface area contributed by atoms with Gasteiger partial charge in [0.1, 0.15) is 0 Å². The lowest BCUT2D eigenvalue weighted by Crippen LogP contribution is -2.03. The van der Waals surface area contributed by atoms with Crippen molar-refractivity contribution in [2.45, 2.75) is 46.0 Å². The molecule has 0 bridgehead atoms. The molecule has 0 amide bonds. The second-order valence-electron chi connectivity index (χ2n) is 7.47. The van der Waals surface area contributed by atoms with Crippen LogP contribution in [0.2, 0.25) is 0 Å². The molecule has 164 valence electrons. The third kappa shape index (κ3) is 4.43. The summed E-state index contributed by atoms with van der Waals surface area (Å²) in [5.74, 6) is -8.49. The number of halogens is 5. The van der Waals surface area contributed by atoms with E-state index in [0.717, 1.165) is 31.2 Å². The average molecular weight is 434 g/mol. The van der Waals surface area contributed by atoms with Crippen molar-refractivity contribution in [1.29, 1.82) is 0 Å². The lowest BCUT2D eigenvalue weighted by molar-refractivity contribution is 0.406. The zero-order valence-electron chi connectivity index (χ0n) is 17.3. The third-order valence-electron chi connectivity index (χ3n) is 5.39. The number of rotatable bonds is 7. The van der Waals surface area contributed by atoms with Gasteiger partial charge < -0.3 is 5.11 Å². The lowest BCUT2D eigenvalue weighted by Gasteiger charge is -2.19. The fourth-order valence-electron chi connectivity index (χ4n) is 3.77. The van der Waals surface area contributed by atoms with Gasteiger partial charge in [-0.2, -0.15) is 4.39 Å². The van der Waals surface area contributed by atoms with Gasteiger partial charge in [-0.25, -0.2) is 17.6 Å². The van der Waals surface area contributed by atoms with Gasteiger partial charge in [0.25, 0.3) is 0 Å². The molecule has 3 aromatic rings. The Kier molecular flexibility index (Phi) is 6.98. The molecule has 0 aliphatic rings. The Labute approximate surface area is 178 Å². The molecular formula is C25H23F5O. The molecule has 0 aromatic heterocycles. The molecule has 1 nitrogen and oxygen atoms in total. The quantitative estimate of drug-likeness (QED) is 0.229. The van der Waals surface area contributed by atoms with Crippen molar-refractivity contribution < 1.29 is 27.1 Å². The first-order valence-corrected chi connectivity index (χ1v) is 10.3. The van der Waals surface area contributed by atoms with Gasteiger partial charge in [-0.1, -0.05) is 51.0 Å². The molecule has 0 fully saturated rings. The van der Waals surface area contributed by atoms with Crippen LogP contribution in [0.4, 0.5) is 22.0 Å². The number of unbranched alkanes of at least 4 members (excludes halogenated alkanes) is 2. The predicted octanol–water partition coefficient (Wildman–Crippen LogP) is 7.72. The molecule has 3 rings (SSSR count). The zero-order chi connectivity index (χ0) is 22.7. The van der Waals surface area contributed by atoms with Crippen LogP contribution in [0.25, 0.3) is 22.3 Å². The molecule has 0 spiro atoms. The summed E-state index contributed by atoms with van der Waals surface area (Å²) in [4.78, 5) is 0. The highest BCUT2D eigenvalue weighted by atomic mass is 19.2. The van der Waals surface area contributed by atoms with Crippen LogP contribution < -0.4 is 0 Å². The maximum Gasteiger partial charge on any atom is 0.201 e. The topological polar surface area (TPSA) is 20.2 Å². The Morgan fingerprint density at radius 1 is 0.710 bits per heavy atom. The van der Waals surface area contributed by atoms with Crippen LogP contribution in [-0.4, -0.2) is 5.11 Å². The van der Waals surface area contributed by atoms with Gasteiger partial charge in [0, 0.05) is 5.56 Å². The Hall–Kier alpha value is -2.89. The smallest absolute Gasteiger partial charge is 0.201 e. The van der Waals surface area contributed by atoms with Crippen LogP contribution in [0.15, 0.2) is 36.4 Å². The van der Waals surface area contributed by atoms with Gasteiger partial charge in [-0.05, 0) is 59.2 Å². The Bertz CT molecular complexity index is 1070. The summed E-state index contributed by atoms with van der Waals surface area (Å²) in [5.41, 5.74) is 1.00. The SMILES string of the molecule is CCCCCc1ccc(-c2c(CC)c(F)c(F)c(O)c2-c2cc(F)c(F)c(F)c2)cc1. The average Bonchev–Trinajstić information content (AvgIpc) is 2.76. The molecule has 0 heterocycles. The summed E-state index contributed by atoms with van der Waals surface area (Å²) in [6.07, 6.45) is 4.11. The summed E-state index contributed by atoms with van der Waals surface area (Å²) in [6, 6.07) is 8.41. The summed E-state index contributed by atoms with van der Waals surface area (Å²) in [5, 5.41) is 10.4. The van der Waals surface area contributed by atoms with E-state index in [2.05, 4.69) is 6.92 Å². The number of aryl methyl sites for hydroxylation is 1. The summed E-state index contributed by atoms with van der Waals surface area (Å²) < 4.78 is 70.4. The number of phenolic OH excluding ortho intramolecular Hbond substituents is 1. The number of benzene rings is 3. The van der Waals surface area contributed by atoms with Crippen LogP contribution in [0.1, 0.15) is 44.2 Å². The van der Waals surface area contributed by atoms with Crippen molar-refractivity contribution in [2.75, 3.05) is 0 Å². The maximum atomic E-state index is 14.7. The first-order valence-electron chi connectivity index (χ1n) is 10.3. The maximum absolute atomic E-state index is 14.7. The van der Waals surface area contributed by atoms with E-state index in [1.54, 1.807) is 19.1 Å². The summed E-state index contributed by atoms with van der Waals surface area (Å²) in [6.45, 7) is 3.71. The normalized spacial score (nSPS) is 11.2. The highest BCUT2D eigenvalue weighted by Gasteiger charge is 2.26. The standard InChI is InChI=1S/C25H23F5O/c1-3-5-6-7-14-8-10-15(11-9-14)20-17(4-2)22(28)24(30)25(31)21(20)16-12-18(26)23(29)19(27)13-16/h8-13,31H,3-7H2,1-2H3. The molecule has 0 unspecified atom stereocenters. The van der Waals surface area contributed by atoms with Gasteiger partial charge in [-0.3, -0.25) is 0 Å². The van der Waals surface area contributed by atoms with E-state index >= 15 is 0 Å². The Balaban J connectivity index is 2.24. The second kappa shape index (κ2) is 9.50.